The molecule has 1 saturated heterocycles. The van der Waals surface area contributed by atoms with Crippen LogP contribution in [0.25, 0.3) is 10.9 Å². The van der Waals surface area contributed by atoms with Crippen LogP contribution in [0.5, 0.6) is 0 Å². The number of benzene rings is 1. The minimum atomic E-state index is 0.544. The standard InChI is InChI=1S/C15H17N3S/c1-11-10-19-15(18-11)17-9-7-13-5-2-4-12-6-3-8-16-14(12)13/h2-6,8,11H,7,9-10H2,1H3,(H,17,18). The van der Waals surface area contributed by atoms with E-state index in [1.54, 1.807) is 0 Å². The average Bonchev–Trinajstić information content (AvgIpc) is 2.85. The number of hydrogen-bond donors (Lipinski definition) is 1. The summed E-state index contributed by atoms with van der Waals surface area (Å²) in [5.74, 6) is 1.12. The van der Waals surface area contributed by atoms with E-state index in [0.717, 1.165) is 29.4 Å². The lowest BCUT2D eigenvalue weighted by atomic mass is 10.1. The summed E-state index contributed by atoms with van der Waals surface area (Å²) >= 11 is 1.81. The first-order valence-corrected chi connectivity index (χ1v) is 7.58. The van der Waals surface area contributed by atoms with Crippen molar-refractivity contribution in [3.8, 4) is 0 Å². The fourth-order valence-electron chi connectivity index (χ4n) is 2.24. The first-order chi connectivity index (χ1) is 9.33. The molecule has 1 N–H and O–H groups in total. The zero-order valence-corrected chi connectivity index (χ0v) is 11.8. The molecule has 2 heterocycles. The molecule has 0 bridgehead atoms. The number of aromatic nitrogens is 1. The molecule has 0 saturated carbocycles. The van der Waals surface area contributed by atoms with E-state index in [4.69, 9.17) is 0 Å². The van der Waals surface area contributed by atoms with Crippen LogP contribution in [0.3, 0.4) is 0 Å². The van der Waals surface area contributed by atoms with Crippen LogP contribution in [-0.2, 0) is 6.42 Å². The van der Waals surface area contributed by atoms with Crippen LogP contribution < -0.4 is 5.32 Å². The first kappa shape index (κ1) is 12.5. The number of rotatable bonds is 3. The van der Waals surface area contributed by atoms with Gasteiger partial charge in [0.05, 0.1) is 5.52 Å². The molecule has 1 unspecified atom stereocenters. The van der Waals surface area contributed by atoms with Gasteiger partial charge in [-0.3, -0.25) is 9.98 Å². The van der Waals surface area contributed by atoms with Crippen molar-refractivity contribution in [1.82, 2.24) is 10.3 Å². The molecule has 3 rings (SSSR count). The maximum absolute atomic E-state index is 4.62. The number of amidine groups is 1. The molecule has 98 valence electrons. The van der Waals surface area contributed by atoms with Crippen LogP contribution in [0, 0.1) is 0 Å². The van der Waals surface area contributed by atoms with Gasteiger partial charge in [0.1, 0.15) is 0 Å². The van der Waals surface area contributed by atoms with Gasteiger partial charge in [-0.25, -0.2) is 0 Å². The zero-order chi connectivity index (χ0) is 13.1. The summed E-state index contributed by atoms with van der Waals surface area (Å²) in [5, 5.41) is 5.66. The summed E-state index contributed by atoms with van der Waals surface area (Å²) in [7, 11) is 0. The van der Waals surface area contributed by atoms with Gasteiger partial charge in [-0.15, -0.1) is 0 Å². The Bertz CT molecular complexity index is 604. The Kier molecular flexibility index (Phi) is 3.69. The molecule has 1 aliphatic rings. The molecular formula is C15H17N3S. The predicted molar refractivity (Wildman–Crippen MR) is 82.8 cm³/mol. The summed E-state index contributed by atoms with van der Waals surface area (Å²) in [6.07, 6.45) is 2.79. The maximum atomic E-state index is 4.62. The summed E-state index contributed by atoms with van der Waals surface area (Å²) < 4.78 is 0. The van der Waals surface area contributed by atoms with Crippen molar-refractivity contribution in [2.75, 3.05) is 12.3 Å². The quantitative estimate of drug-likeness (QED) is 0.932. The third-order valence-electron chi connectivity index (χ3n) is 3.19. The second kappa shape index (κ2) is 5.61. The van der Waals surface area contributed by atoms with Crippen LogP contribution in [0.15, 0.2) is 41.5 Å². The van der Waals surface area contributed by atoms with Gasteiger partial charge >= 0.3 is 0 Å². The molecule has 0 radical (unpaired) electrons. The lowest BCUT2D eigenvalue weighted by Gasteiger charge is -2.04. The Morgan fingerprint density at radius 1 is 1.37 bits per heavy atom. The lowest BCUT2D eigenvalue weighted by Crippen LogP contribution is -2.23. The van der Waals surface area contributed by atoms with Gasteiger partial charge in [0.15, 0.2) is 5.17 Å². The van der Waals surface area contributed by atoms with Gasteiger partial charge in [0.25, 0.3) is 0 Å². The molecule has 0 aliphatic carbocycles. The molecule has 1 fully saturated rings. The number of thioether (sulfide) groups is 1. The van der Waals surface area contributed by atoms with Crippen LogP contribution in [0.4, 0.5) is 0 Å². The monoisotopic (exact) mass is 271 g/mol. The predicted octanol–water partition coefficient (Wildman–Crippen LogP) is 2.86. The number of aliphatic imine (C=N–C) groups is 1. The topological polar surface area (TPSA) is 37.3 Å². The van der Waals surface area contributed by atoms with Crippen molar-refractivity contribution in [1.29, 1.82) is 0 Å². The van der Waals surface area contributed by atoms with Crippen molar-refractivity contribution >= 4 is 27.8 Å². The second-order valence-electron chi connectivity index (χ2n) is 4.79. The van der Waals surface area contributed by atoms with Crippen LogP contribution in [0.1, 0.15) is 12.5 Å². The largest absolute Gasteiger partial charge is 0.362 e. The number of hydrogen-bond acceptors (Lipinski definition) is 3. The van der Waals surface area contributed by atoms with E-state index in [9.17, 15) is 0 Å². The van der Waals surface area contributed by atoms with E-state index in [-0.39, 0.29) is 0 Å². The maximum Gasteiger partial charge on any atom is 0.156 e. The second-order valence-corrected chi connectivity index (χ2v) is 5.79. The molecule has 1 aliphatic heterocycles. The van der Waals surface area contributed by atoms with E-state index in [0.29, 0.717) is 6.04 Å². The van der Waals surface area contributed by atoms with Crippen molar-refractivity contribution in [2.45, 2.75) is 19.4 Å². The Balaban J connectivity index is 1.72. The molecule has 4 heteroatoms. The molecule has 1 atom stereocenters. The number of para-hydroxylation sites is 1. The molecule has 2 aromatic rings. The highest BCUT2D eigenvalue weighted by molar-refractivity contribution is 8.14. The number of nitrogens with one attached hydrogen (secondary N) is 1. The Labute approximate surface area is 117 Å². The lowest BCUT2D eigenvalue weighted by molar-refractivity contribution is 0.764. The Morgan fingerprint density at radius 2 is 2.26 bits per heavy atom. The smallest absolute Gasteiger partial charge is 0.156 e. The van der Waals surface area contributed by atoms with E-state index in [1.807, 2.05) is 24.0 Å². The molecule has 1 aromatic carbocycles. The van der Waals surface area contributed by atoms with Gasteiger partial charge in [0.2, 0.25) is 0 Å². The van der Waals surface area contributed by atoms with Crippen LogP contribution in [0.2, 0.25) is 0 Å². The molecule has 1 aromatic heterocycles. The number of pyridine rings is 1. The fourth-order valence-corrected chi connectivity index (χ4v) is 3.19. The van der Waals surface area contributed by atoms with Gasteiger partial charge in [0, 0.05) is 29.9 Å². The summed E-state index contributed by atoms with van der Waals surface area (Å²) in [6, 6.07) is 11.0. The summed E-state index contributed by atoms with van der Waals surface area (Å²) in [4.78, 5) is 9.09. The molecule has 0 amide bonds. The van der Waals surface area contributed by atoms with Gasteiger partial charge in [-0.1, -0.05) is 36.0 Å². The van der Waals surface area contributed by atoms with E-state index < -0.39 is 0 Å². The van der Waals surface area contributed by atoms with E-state index >= 15 is 0 Å². The normalized spacial score (nSPS) is 20.9. The Hall–Kier alpha value is -1.55. The van der Waals surface area contributed by atoms with E-state index in [2.05, 4.69) is 46.5 Å². The molecule has 3 nitrogen and oxygen atoms in total. The van der Waals surface area contributed by atoms with Gasteiger partial charge in [-0.2, -0.15) is 0 Å². The number of nitrogens with zero attached hydrogens (tertiary/aromatic N) is 2. The zero-order valence-electron chi connectivity index (χ0n) is 11.0. The van der Waals surface area contributed by atoms with Gasteiger partial charge < -0.3 is 5.32 Å². The summed E-state index contributed by atoms with van der Waals surface area (Å²) in [6.45, 7) is 3.00. The van der Waals surface area contributed by atoms with Crippen LogP contribution >= 0.6 is 11.8 Å². The summed E-state index contributed by atoms with van der Waals surface area (Å²) in [5.41, 5.74) is 2.38. The highest BCUT2D eigenvalue weighted by Crippen LogP contribution is 2.17. The minimum absolute atomic E-state index is 0.544. The van der Waals surface area contributed by atoms with Crippen molar-refractivity contribution < 1.29 is 0 Å². The minimum Gasteiger partial charge on any atom is -0.362 e. The first-order valence-electron chi connectivity index (χ1n) is 6.59. The van der Waals surface area contributed by atoms with Crippen molar-refractivity contribution in [3.63, 3.8) is 0 Å². The third kappa shape index (κ3) is 2.89. The van der Waals surface area contributed by atoms with Gasteiger partial charge in [-0.05, 0) is 25.0 Å². The molecular weight excluding hydrogens is 254 g/mol. The third-order valence-corrected chi connectivity index (χ3v) is 4.38. The Morgan fingerprint density at radius 3 is 3.11 bits per heavy atom. The van der Waals surface area contributed by atoms with Crippen LogP contribution in [-0.4, -0.2) is 28.5 Å². The highest BCUT2D eigenvalue weighted by atomic mass is 32.2. The van der Waals surface area contributed by atoms with Crippen molar-refractivity contribution in [3.05, 3.63) is 42.1 Å². The average molecular weight is 271 g/mol. The van der Waals surface area contributed by atoms with E-state index in [1.165, 1.54) is 10.9 Å². The number of fused-ring (bicyclic) bond motifs is 1. The molecule has 0 spiro atoms. The highest BCUT2D eigenvalue weighted by Gasteiger charge is 2.14. The SMILES string of the molecule is CC1CSC(=NCCc2cccc3cccnc23)N1. The fraction of sp³-hybridized carbons (Fsp3) is 0.333. The van der Waals surface area contributed by atoms with Crippen molar-refractivity contribution in [2.24, 2.45) is 4.99 Å². The molecule has 19 heavy (non-hydrogen) atoms.